The van der Waals surface area contributed by atoms with Crippen LogP contribution >= 0.6 is 0 Å². The van der Waals surface area contributed by atoms with E-state index in [1.54, 1.807) is 36.4 Å². The molecule has 0 unspecified atom stereocenters. The van der Waals surface area contributed by atoms with Gasteiger partial charge in [0.25, 0.3) is 0 Å². The molecule has 0 bridgehead atoms. The Morgan fingerprint density at radius 3 is 2.56 bits per heavy atom. The first kappa shape index (κ1) is 13.9. The van der Waals surface area contributed by atoms with Gasteiger partial charge in [-0.15, -0.1) is 6.58 Å². The Morgan fingerprint density at radius 1 is 1.33 bits per heavy atom. The summed E-state index contributed by atoms with van der Waals surface area (Å²) in [5.41, 5.74) is 0.544. The van der Waals surface area contributed by atoms with Crippen molar-refractivity contribution in [3.63, 3.8) is 0 Å². The van der Waals surface area contributed by atoms with Gasteiger partial charge in [-0.25, -0.2) is 4.79 Å². The summed E-state index contributed by atoms with van der Waals surface area (Å²) in [6, 6.07) is 7.55. The zero-order valence-corrected chi connectivity index (χ0v) is 9.93. The third-order valence-electron chi connectivity index (χ3n) is 2.26. The fourth-order valence-electron chi connectivity index (χ4n) is 1.43. The number of nitrogens with one attached hydrogen (secondary N) is 2. The van der Waals surface area contributed by atoms with Gasteiger partial charge in [-0.05, 0) is 5.56 Å². The quantitative estimate of drug-likeness (QED) is 0.490. The SMILES string of the molecule is C=CCNCC(=O)N[C@H](C(=O)O)c1ccccc1. The van der Waals surface area contributed by atoms with Crippen molar-refractivity contribution in [2.45, 2.75) is 6.04 Å². The Morgan fingerprint density at radius 2 is 2.00 bits per heavy atom. The smallest absolute Gasteiger partial charge is 0.330 e. The fraction of sp³-hybridized carbons (Fsp3) is 0.231. The predicted molar refractivity (Wildman–Crippen MR) is 68.0 cm³/mol. The molecule has 0 saturated carbocycles. The molecule has 1 aromatic rings. The van der Waals surface area contributed by atoms with Gasteiger partial charge in [0, 0.05) is 6.54 Å². The number of hydrogen-bond donors (Lipinski definition) is 3. The maximum absolute atomic E-state index is 11.5. The molecule has 5 nitrogen and oxygen atoms in total. The molecule has 1 amide bonds. The van der Waals surface area contributed by atoms with Crippen LogP contribution in [0.2, 0.25) is 0 Å². The second-order valence-electron chi connectivity index (χ2n) is 3.67. The zero-order chi connectivity index (χ0) is 13.4. The summed E-state index contributed by atoms with van der Waals surface area (Å²) in [6.07, 6.45) is 1.62. The molecule has 0 heterocycles. The van der Waals surface area contributed by atoms with E-state index in [4.69, 9.17) is 5.11 Å². The van der Waals surface area contributed by atoms with Gasteiger partial charge in [-0.3, -0.25) is 4.79 Å². The van der Waals surface area contributed by atoms with Crippen LogP contribution in [-0.4, -0.2) is 30.1 Å². The molecule has 0 radical (unpaired) electrons. The van der Waals surface area contributed by atoms with Crippen molar-refractivity contribution >= 4 is 11.9 Å². The van der Waals surface area contributed by atoms with Gasteiger partial charge in [0.1, 0.15) is 0 Å². The average Bonchev–Trinajstić information content (AvgIpc) is 2.37. The summed E-state index contributed by atoms with van der Waals surface area (Å²) < 4.78 is 0. The molecule has 18 heavy (non-hydrogen) atoms. The highest BCUT2D eigenvalue weighted by Gasteiger charge is 2.21. The molecule has 5 heteroatoms. The molecular formula is C13H16N2O3. The first-order valence-electron chi connectivity index (χ1n) is 5.54. The molecule has 3 N–H and O–H groups in total. The van der Waals surface area contributed by atoms with Crippen LogP contribution in [0.15, 0.2) is 43.0 Å². The minimum Gasteiger partial charge on any atom is -0.479 e. The van der Waals surface area contributed by atoms with Crippen molar-refractivity contribution in [3.05, 3.63) is 48.6 Å². The second-order valence-corrected chi connectivity index (χ2v) is 3.67. The summed E-state index contributed by atoms with van der Waals surface area (Å²) >= 11 is 0. The Labute approximate surface area is 106 Å². The van der Waals surface area contributed by atoms with E-state index in [1.807, 2.05) is 0 Å². The van der Waals surface area contributed by atoms with Crippen LogP contribution in [-0.2, 0) is 9.59 Å². The molecule has 0 aliphatic heterocycles. The van der Waals surface area contributed by atoms with E-state index >= 15 is 0 Å². The largest absolute Gasteiger partial charge is 0.479 e. The minimum absolute atomic E-state index is 0.0582. The van der Waals surface area contributed by atoms with E-state index in [9.17, 15) is 9.59 Å². The Balaban J connectivity index is 2.62. The standard InChI is InChI=1S/C13H16N2O3/c1-2-8-14-9-11(16)15-12(13(17)18)10-6-4-3-5-7-10/h2-7,12,14H,1,8-9H2,(H,15,16)(H,17,18)/t12-/m0/s1. The summed E-state index contributed by atoms with van der Waals surface area (Å²) in [6.45, 7) is 4.06. The molecule has 0 aliphatic carbocycles. The van der Waals surface area contributed by atoms with Crippen LogP contribution in [0.1, 0.15) is 11.6 Å². The number of carboxylic acids is 1. The van der Waals surface area contributed by atoms with E-state index in [0.717, 1.165) is 0 Å². The monoisotopic (exact) mass is 248 g/mol. The minimum atomic E-state index is -1.08. The number of amides is 1. The van der Waals surface area contributed by atoms with Crippen LogP contribution in [0.25, 0.3) is 0 Å². The Bertz CT molecular complexity index is 418. The van der Waals surface area contributed by atoms with Gasteiger partial charge in [0.15, 0.2) is 6.04 Å². The predicted octanol–water partition coefficient (Wildman–Crippen LogP) is 0.704. The van der Waals surface area contributed by atoms with Crippen LogP contribution in [0.3, 0.4) is 0 Å². The third kappa shape index (κ3) is 4.39. The topological polar surface area (TPSA) is 78.4 Å². The molecule has 96 valence electrons. The third-order valence-corrected chi connectivity index (χ3v) is 2.26. The Kier molecular flexibility index (Phi) is 5.60. The van der Waals surface area contributed by atoms with Gasteiger partial charge in [0.05, 0.1) is 6.54 Å². The van der Waals surface area contributed by atoms with E-state index in [2.05, 4.69) is 17.2 Å². The van der Waals surface area contributed by atoms with Crippen molar-refractivity contribution in [3.8, 4) is 0 Å². The Hall–Kier alpha value is -2.14. The lowest BCUT2D eigenvalue weighted by atomic mass is 10.1. The lowest BCUT2D eigenvalue weighted by molar-refractivity contribution is -0.141. The molecular weight excluding hydrogens is 232 g/mol. The number of hydrogen-bond acceptors (Lipinski definition) is 3. The van der Waals surface area contributed by atoms with Crippen molar-refractivity contribution in [1.82, 2.24) is 10.6 Å². The molecule has 1 rings (SSSR count). The second kappa shape index (κ2) is 7.24. The molecule has 0 fully saturated rings. The van der Waals surface area contributed by atoms with E-state index in [-0.39, 0.29) is 12.5 Å². The van der Waals surface area contributed by atoms with Gasteiger partial charge < -0.3 is 15.7 Å². The van der Waals surface area contributed by atoms with Crippen molar-refractivity contribution in [2.24, 2.45) is 0 Å². The van der Waals surface area contributed by atoms with Crippen LogP contribution in [0.4, 0.5) is 0 Å². The molecule has 0 spiro atoms. The van der Waals surface area contributed by atoms with Gasteiger partial charge in [-0.1, -0.05) is 36.4 Å². The highest BCUT2D eigenvalue weighted by molar-refractivity contribution is 5.85. The summed E-state index contributed by atoms with van der Waals surface area (Å²) in [7, 11) is 0. The van der Waals surface area contributed by atoms with Crippen LogP contribution < -0.4 is 10.6 Å². The molecule has 0 saturated heterocycles. The first-order chi connectivity index (χ1) is 8.65. The van der Waals surface area contributed by atoms with Crippen molar-refractivity contribution in [2.75, 3.05) is 13.1 Å². The fourth-order valence-corrected chi connectivity index (χ4v) is 1.43. The van der Waals surface area contributed by atoms with Crippen LogP contribution in [0.5, 0.6) is 0 Å². The zero-order valence-electron chi connectivity index (χ0n) is 9.93. The number of carbonyl (C=O) groups is 2. The lowest BCUT2D eigenvalue weighted by Crippen LogP contribution is -2.39. The van der Waals surface area contributed by atoms with E-state index in [0.29, 0.717) is 12.1 Å². The van der Waals surface area contributed by atoms with Gasteiger partial charge >= 0.3 is 5.97 Å². The van der Waals surface area contributed by atoms with E-state index in [1.165, 1.54) is 0 Å². The van der Waals surface area contributed by atoms with Crippen molar-refractivity contribution in [1.29, 1.82) is 0 Å². The van der Waals surface area contributed by atoms with Gasteiger partial charge in [-0.2, -0.15) is 0 Å². The maximum atomic E-state index is 11.5. The van der Waals surface area contributed by atoms with Gasteiger partial charge in [0.2, 0.25) is 5.91 Å². The van der Waals surface area contributed by atoms with Crippen molar-refractivity contribution < 1.29 is 14.7 Å². The normalized spacial score (nSPS) is 11.6. The lowest BCUT2D eigenvalue weighted by Gasteiger charge is -2.14. The molecule has 1 atom stereocenters. The number of carboxylic acid groups (broad SMARTS) is 1. The number of aliphatic carboxylic acids is 1. The average molecular weight is 248 g/mol. The van der Waals surface area contributed by atoms with Crippen LogP contribution in [0, 0.1) is 0 Å². The number of benzene rings is 1. The van der Waals surface area contributed by atoms with E-state index < -0.39 is 12.0 Å². The molecule has 0 aliphatic rings. The summed E-state index contributed by atoms with van der Waals surface area (Å²) in [4.78, 5) is 22.6. The summed E-state index contributed by atoms with van der Waals surface area (Å²) in [5.74, 6) is -1.45. The highest BCUT2D eigenvalue weighted by Crippen LogP contribution is 2.12. The molecule has 1 aromatic carbocycles. The number of rotatable bonds is 7. The maximum Gasteiger partial charge on any atom is 0.330 e. The number of carbonyl (C=O) groups excluding carboxylic acids is 1. The highest BCUT2D eigenvalue weighted by atomic mass is 16.4. The molecule has 0 aromatic heterocycles. The summed E-state index contributed by atoms with van der Waals surface area (Å²) in [5, 5.41) is 14.4. The first-order valence-corrected chi connectivity index (χ1v) is 5.54.